The van der Waals surface area contributed by atoms with Gasteiger partial charge in [-0.2, -0.15) is 0 Å². The molecule has 2 fully saturated rings. The Bertz CT molecular complexity index is 1650. The number of fused-ring (bicyclic) bond motifs is 3. The zero-order valence-electron chi connectivity index (χ0n) is 25.9. The van der Waals surface area contributed by atoms with Crippen LogP contribution in [0.3, 0.4) is 0 Å². The smallest absolute Gasteiger partial charge is 0.261 e. The number of rotatable bonds is 8. The van der Waals surface area contributed by atoms with E-state index >= 15 is 0 Å². The average Bonchev–Trinajstić information content (AvgIpc) is 3.42. The van der Waals surface area contributed by atoms with Gasteiger partial charge in [-0.3, -0.25) is 19.3 Å². The van der Waals surface area contributed by atoms with Gasteiger partial charge in [0.1, 0.15) is 10.6 Å². The summed E-state index contributed by atoms with van der Waals surface area (Å²) in [5.41, 5.74) is 1.85. The van der Waals surface area contributed by atoms with Gasteiger partial charge in [0.25, 0.3) is 17.7 Å². The van der Waals surface area contributed by atoms with Gasteiger partial charge >= 0.3 is 0 Å². The number of piperidine rings is 1. The Labute approximate surface area is 269 Å². The van der Waals surface area contributed by atoms with Crippen molar-refractivity contribution in [1.82, 2.24) is 14.5 Å². The number of amides is 3. The summed E-state index contributed by atoms with van der Waals surface area (Å²) >= 11 is -1.50. The highest BCUT2D eigenvalue weighted by Crippen LogP contribution is 2.42. The van der Waals surface area contributed by atoms with Crippen molar-refractivity contribution < 1.29 is 32.1 Å². The fourth-order valence-corrected chi connectivity index (χ4v) is 7.88. The summed E-state index contributed by atoms with van der Waals surface area (Å²) in [5, 5.41) is 0. The third-order valence-electron chi connectivity index (χ3n) is 9.31. The lowest BCUT2D eigenvalue weighted by Gasteiger charge is -2.42. The molecule has 2 bridgehead atoms. The van der Waals surface area contributed by atoms with Crippen LogP contribution in [-0.4, -0.2) is 54.9 Å². The van der Waals surface area contributed by atoms with E-state index < -0.39 is 39.6 Å². The summed E-state index contributed by atoms with van der Waals surface area (Å²) < 4.78 is 58.2. The van der Waals surface area contributed by atoms with Crippen LogP contribution in [0.1, 0.15) is 88.7 Å². The lowest BCUT2D eigenvalue weighted by molar-refractivity contribution is 0.0493. The van der Waals surface area contributed by atoms with Crippen LogP contribution in [0.25, 0.3) is 0 Å². The van der Waals surface area contributed by atoms with Gasteiger partial charge in [-0.1, -0.05) is 24.3 Å². The molecular formula is C35H36F3N3O4S. The maximum atomic E-state index is 14.7. The van der Waals surface area contributed by atoms with Crippen molar-refractivity contribution in [2.24, 2.45) is 5.92 Å². The van der Waals surface area contributed by atoms with E-state index in [1.165, 1.54) is 4.90 Å². The van der Waals surface area contributed by atoms with E-state index in [0.29, 0.717) is 41.2 Å². The summed E-state index contributed by atoms with van der Waals surface area (Å²) in [5.74, 6) is -4.24. The Morgan fingerprint density at radius 2 is 1.52 bits per heavy atom. The van der Waals surface area contributed by atoms with E-state index in [2.05, 4.69) is 4.72 Å². The second kappa shape index (κ2) is 12.5. The molecule has 11 heteroatoms. The van der Waals surface area contributed by atoms with Crippen molar-refractivity contribution in [2.45, 2.75) is 82.3 Å². The van der Waals surface area contributed by atoms with E-state index in [1.54, 1.807) is 48.5 Å². The molecule has 3 aliphatic heterocycles. The van der Waals surface area contributed by atoms with Crippen molar-refractivity contribution in [2.75, 3.05) is 0 Å². The molecule has 3 aliphatic rings. The highest BCUT2D eigenvalue weighted by Gasteiger charge is 2.47. The first-order valence-electron chi connectivity index (χ1n) is 15.5. The Kier molecular flexibility index (Phi) is 8.77. The first-order chi connectivity index (χ1) is 21.8. The van der Waals surface area contributed by atoms with Gasteiger partial charge in [0.05, 0.1) is 23.7 Å². The van der Waals surface area contributed by atoms with Crippen LogP contribution in [-0.2, 0) is 24.3 Å². The first-order valence-corrected chi connectivity index (χ1v) is 16.6. The Balaban J connectivity index is 1.19. The van der Waals surface area contributed by atoms with Gasteiger partial charge in [-0.05, 0) is 100 Å². The lowest BCUT2D eigenvalue weighted by Crippen LogP contribution is -2.54. The number of nitrogens with zero attached hydrogens (tertiary/aromatic N) is 2. The van der Waals surface area contributed by atoms with Crippen molar-refractivity contribution >= 4 is 29.1 Å². The van der Waals surface area contributed by atoms with Crippen LogP contribution >= 0.6 is 0 Å². The quantitative estimate of drug-likeness (QED) is 0.185. The monoisotopic (exact) mass is 651 g/mol. The molecule has 0 spiro atoms. The third-order valence-corrected chi connectivity index (χ3v) is 10.9. The van der Waals surface area contributed by atoms with Gasteiger partial charge in [0.2, 0.25) is 0 Å². The molecule has 0 radical (unpaired) electrons. The molecule has 2 saturated heterocycles. The molecule has 7 nitrogen and oxygen atoms in total. The number of halogens is 3. The molecule has 0 aliphatic carbocycles. The molecule has 46 heavy (non-hydrogen) atoms. The number of nitrogens with one attached hydrogen (secondary N) is 1. The zero-order chi connectivity index (χ0) is 32.9. The molecular weight excluding hydrogens is 615 g/mol. The summed E-state index contributed by atoms with van der Waals surface area (Å²) in [6, 6.07) is 14.3. The van der Waals surface area contributed by atoms with E-state index in [0.717, 1.165) is 18.9 Å². The summed E-state index contributed by atoms with van der Waals surface area (Å²) in [6.07, 6.45) is 2.71. The second-order valence-corrected chi connectivity index (χ2v) is 15.4. The Hall–Kier alpha value is -3.67. The minimum absolute atomic E-state index is 0.00281. The number of carbonyl (C=O) groups is 3. The van der Waals surface area contributed by atoms with E-state index in [1.807, 2.05) is 25.7 Å². The lowest BCUT2D eigenvalue weighted by atomic mass is 9.82. The predicted octanol–water partition coefficient (Wildman–Crippen LogP) is 5.95. The van der Waals surface area contributed by atoms with Gasteiger partial charge < -0.3 is 9.45 Å². The van der Waals surface area contributed by atoms with E-state index in [-0.39, 0.29) is 54.3 Å². The van der Waals surface area contributed by atoms with Crippen molar-refractivity contribution in [3.63, 3.8) is 0 Å². The van der Waals surface area contributed by atoms with Crippen molar-refractivity contribution in [3.05, 3.63) is 106 Å². The van der Waals surface area contributed by atoms with Gasteiger partial charge in [0, 0.05) is 35.1 Å². The minimum atomic E-state index is -1.50. The average molecular weight is 652 g/mol. The van der Waals surface area contributed by atoms with E-state index in [9.17, 15) is 32.1 Å². The van der Waals surface area contributed by atoms with E-state index in [4.69, 9.17) is 0 Å². The third kappa shape index (κ3) is 6.20. The highest BCUT2D eigenvalue weighted by molar-refractivity contribution is 7.90. The zero-order valence-corrected chi connectivity index (χ0v) is 26.7. The normalized spacial score (nSPS) is 22.3. The minimum Gasteiger partial charge on any atom is -0.598 e. The number of carbonyl (C=O) groups excluding carboxylic acids is 3. The molecule has 5 atom stereocenters. The molecule has 2 unspecified atom stereocenters. The largest absolute Gasteiger partial charge is 0.598 e. The molecule has 3 aromatic rings. The van der Waals surface area contributed by atoms with Gasteiger partial charge in [-0.15, -0.1) is 4.72 Å². The summed E-state index contributed by atoms with van der Waals surface area (Å²) in [6.45, 7) is 5.50. The molecule has 0 saturated carbocycles. The fourth-order valence-electron chi connectivity index (χ4n) is 6.97. The summed E-state index contributed by atoms with van der Waals surface area (Å²) in [7, 11) is 0. The molecule has 1 N–H and O–H groups in total. The standard InChI is InChI=1S/C35H36F3N3O4S/c1-35(2,3)46(45)39-31(17-22-16-29(37)30(38)18-28(22)36)23-14-24-11-12-25(15-23)41(24)32(42)21-8-6-7-20(13-21)19-40-33(43)26-9-4-5-10-27(26)34(40)44/h4-10,13,16,18,23-25,31,39H,11-12,14-15,17,19H2,1-3H3/t23?,24-,25+,31-,46?/m1/s1. The first kappa shape index (κ1) is 32.3. The van der Waals surface area contributed by atoms with Crippen LogP contribution in [0.4, 0.5) is 13.2 Å². The molecule has 3 aromatic carbocycles. The van der Waals surface area contributed by atoms with Gasteiger partial charge in [0.15, 0.2) is 11.6 Å². The molecule has 3 heterocycles. The number of benzene rings is 3. The van der Waals surface area contributed by atoms with Crippen molar-refractivity contribution in [3.8, 4) is 0 Å². The van der Waals surface area contributed by atoms with Crippen molar-refractivity contribution in [1.29, 1.82) is 0 Å². The molecule has 3 amide bonds. The maximum Gasteiger partial charge on any atom is 0.261 e. The van der Waals surface area contributed by atoms with Crippen LogP contribution < -0.4 is 4.72 Å². The molecule has 0 aromatic heterocycles. The topological polar surface area (TPSA) is 92.8 Å². The second-order valence-electron chi connectivity index (χ2n) is 13.4. The Morgan fingerprint density at radius 3 is 2.13 bits per heavy atom. The number of hydrogen-bond donors (Lipinski definition) is 1. The van der Waals surface area contributed by atoms with Crippen LogP contribution in [0, 0.1) is 23.4 Å². The number of hydrogen-bond acceptors (Lipinski definition) is 5. The van der Waals surface area contributed by atoms with Crippen LogP contribution in [0.15, 0.2) is 60.7 Å². The molecule has 242 valence electrons. The fraction of sp³-hybridized carbons (Fsp3) is 0.400. The molecule has 6 rings (SSSR count). The highest BCUT2D eigenvalue weighted by atomic mass is 32.2. The SMILES string of the molecule is CC(C)(C)[S+]([O-])N[C@H](Cc1cc(F)c(F)cc1F)C1C[C@H]2CC[C@@H](C1)N2C(=O)c1cccc(CN2C(=O)c3ccccc3C2=O)c1. The maximum absolute atomic E-state index is 14.7. The summed E-state index contributed by atoms with van der Waals surface area (Å²) in [4.78, 5) is 42.8. The van der Waals surface area contributed by atoms with Crippen LogP contribution in [0.2, 0.25) is 0 Å². The predicted molar refractivity (Wildman–Crippen MR) is 168 cm³/mol. The Morgan fingerprint density at radius 1 is 0.913 bits per heavy atom. The van der Waals surface area contributed by atoms with Gasteiger partial charge in [-0.25, -0.2) is 13.2 Å². The number of imide groups is 1. The van der Waals surface area contributed by atoms with Crippen LogP contribution in [0.5, 0.6) is 0 Å².